The smallest absolute Gasteiger partial charge is 0.625 e. The fraction of sp³-hybridized carbons (Fsp3) is 0.0938. The normalized spacial score (nSPS) is 14.4. The number of aliphatic imine (C=N–C) groups is 1. The molecule has 0 saturated heterocycles. The Morgan fingerprint density at radius 1 is 0.384 bits per heavy atom. The second-order valence-corrected chi connectivity index (χ2v) is 30.2. The molecule has 10 nitrogen and oxygen atoms in total. The summed E-state index contributed by atoms with van der Waals surface area (Å²) < 4.78 is 20.7. The molecule has 0 aromatic heterocycles. The molecule has 16 heteroatoms. The topological polar surface area (TPSA) is 88.7 Å². The molecule has 4 aliphatic rings. The summed E-state index contributed by atoms with van der Waals surface area (Å²) in [6, 6.07) is 113. The van der Waals surface area contributed by atoms with Crippen molar-refractivity contribution in [2.24, 2.45) is 20.3 Å². The number of rotatable bonds is 13. The second-order valence-electron chi connectivity index (χ2n) is 26.8. The Morgan fingerprint density at radius 2 is 0.750 bits per heavy atom. The van der Waals surface area contributed by atoms with Gasteiger partial charge >= 0.3 is 58.4 Å². The standard InChI is InChI=1S/C29H23NOP.C23H21N3.C22H18N2O.C22H18N2S.4Rh/c1-21-18-25(23-12-6-3-7-13-23)19-22(2)28(21)27-20-30-29(24-14-8-4-9-15-24)32(27,31)26-16-10-5-11-17-26;1-17-14-20(19-10-6-4-7-11-19)15-18(2)22(17)23-24-26(16-25(23)3)21-12-8-5-9-13-21;2*1-16-13-19(18-9-5-3-6-10-18)14-17(2)21(16)22-23-24(15-25-22)20-11-7-4-8-12-20;;;;/h3-14,16-20H,1-2H3;4-12,14-16H,1-3H3;2*3-11,13-15H,1-2H3;;;;/q-1;3*-2;;3*+2. The average Bonchev–Trinajstić information content (AvgIpc) is 1.58. The SMILES string of the molecule is Cc1cc(-c2ccccc2)cc(C)c1C1=CN=C(c2[c-]cccc2)P1(=O)c1ccccc1.Cc1cc(-c2ccccc2)cc(C)c1C1=NN(c2[c-]cccc2)[CH-]N1C.Cc1cc(-c2ccccc2)cc(C)c1C1=NN(c2[c-]cccc2)[CH-]O1.Cc1cc(-c2ccccc2)cc(C)c1C1=NN(c2[c-]cccc2)[CH-]S1.[Rh+2].[Rh+2].[Rh+2].[Rh]. The Balaban J connectivity index is 0.000000157. The van der Waals surface area contributed by atoms with Crippen LogP contribution < -0.4 is 20.3 Å². The molecule has 0 N–H and O–H groups in total. The molecular weight excluding hydrogens is 1770 g/mol. The van der Waals surface area contributed by atoms with Gasteiger partial charge < -0.3 is 29.2 Å². The molecule has 13 aromatic rings. The van der Waals surface area contributed by atoms with Crippen LogP contribution in [-0.2, 0) is 87.2 Å². The quantitative estimate of drug-likeness (QED) is 0.0645. The number of benzene rings is 13. The monoisotopic (exact) mass is 1850 g/mol. The third-order valence-electron chi connectivity index (χ3n) is 19.0. The molecular formula is C96H80N8O2PRh4S-. The summed E-state index contributed by atoms with van der Waals surface area (Å²) in [4.78, 5) is 6.78. The van der Waals surface area contributed by atoms with Gasteiger partial charge in [0.25, 0.3) is 0 Å². The summed E-state index contributed by atoms with van der Waals surface area (Å²) in [6.45, 7) is 20.6. The number of amidine groups is 1. The van der Waals surface area contributed by atoms with Crippen molar-refractivity contribution >= 4 is 68.8 Å². The van der Waals surface area contributed by atoms with Gasteiger partial charge in [0.2, 0.25) is 5.90 Å². The average molecular weight is 1850 g/mol. The van der Waals surface area contributed by atoms with Gasteiger partial charge in [-0.25, -0.2) is 5.10 Å². The van der Waals surface area contributed by atoms with Crippen LogP contribution in [0.25, 0.3) is 49.8 Å². The molecule has 0 fully saturated rings. The van der Waals surface area contributed by atoms with Gasteiger partial charge in [-0.05, 0) is 157 Å². The van der Waals surface area contributed by atoms with Crippen molar-refractivity contribution in [3.05, 3.63) is 419 Å². The number of para-hydroxylation sites is 3. The number of nitrogens with zero attached hydrogens (tertiary/aromatic N) is 8. The molecule has 4 heterocycles. The summed E-state index contributed by atoms with van der Waals surface area (Å²) in [5.41, 5.74) is 27.7. The number of hydrazone groups is 3. The summed E-state index contributed by atoms with van der Waals surface area (Å²) in [7, 11) is -1.11. The molecule has 13 aromatic carbocycles. The van der Waals surface area contributed by atoms with Gasteiger partial charge in [0.05, 0.1) is 5.04 Å². The molecule has 0 amide bonds. The summed E-state index contributed by atoms with van der Waals surface area (Å²) >= 11 is 1.66. The van der Waals surface area contributed by atoms with E-state index < -0.39 is 7.14 Å². The van der Waals surface area contributed by atoms with Crippen LogP contribution in [0, 0.1) is 98.9 Å². The van der Waals surface area contributed by atoms with Crippen LogP contribution in [0.2, 0.25) is 0 Å². The maximum atomic E-state index is 14.9. The zero-order valence-electron chi connectivity index (χ0n) is 63.2. The molecule has 564 valence electrons. The van der Waals surface area contributed by atoms with E-state index in [2.05, 4.69) is 223 Å². The molecule has 4 aliphatic heterocycles. The Bertz CT molecular complexity index is 5330. The molecule has 1 unspecified atom stereocenters. The van der Waals surface area contributed by atoms with Crippen LogP contribution in [0.4, 0.5) is 17.1 Å². The van der Waals surface area contributed by atoms with E-state index in [1.807, 2.05) is 200 Å². The van der Waals surface area contributed by atoms with Crippen LogP contribution in [0.1, 0.15) is 72.3 Å². The summed E-state index contributed by atoms with van der Waals surface area (Å²) in [6.07, 6.45) is 1.81. The maximum Gasteiger partial charge on any atom is 2.00 e. The summed E-state index contributed by atoms with van der Waals surface area (Å²) in [5, 5.41) is 22.3. The summed E-state index contributed by atoms with van der Waals surface area (Å²) in [5.74, 6) is 3.61. The van der Waals surface area contributed by atoms with Crippen molar-refractivity contribution in [1.82, 2.24) is 4.90 Å². The van der Waals surface area contributed by atoms with E-state index in [4.69, 9.17) is 19.9 Å². The largest absolute Gasteiger partial charge is 2.00 e. The van der Waals surface area contributed by atoms with Crippen molar-refractivity contribution < 1.29 is 87.2 Å². The van der Waals surface area contributed by atoms with E-state index in [1.165, 1.54) is 72.3 Å². The van der Waals surface area contributed by atoms with Crippen LogP contribution in [0.15, 0.2) is 324 Å². The Labute approximate surface area is 716 Å². The van der Waals surface area contributed by atoms with Crippen LogP contribution >= 0.6 is 18.9 Å². The van der Waals surface area contributed by atoms with Gasteiger partial charge in [-0.1, -0.05) is 224 Å². The first-order chi connectivity index (χ1) is 52.7. The van der Waals surface area contributed by atoms with E-state index in [1.54, 1.807) is 23.5 Å². The first-order valence-corrected chi connectivity index (χ1v) is 38.5. The third kappa shape index (κ3) is 19.2. The minimum atomic E-state index is -3.15. The van der Waals surface area contributed by atoms with E-state index in [0.29, 0.717) is 11.4 Å². The molecule has 0 spiro atoms. The molecule has 4 radical (unpaired) electrons. The first kappa shape index (κ1) is 84.8. The van der Waals surface area contributed by atoms with Gasteiger partial charge in [0, 0.05) is 58.4 Å². The van der Waals surface area contributed by atoms with Crippen LogP contribution in [0.3, 0.4) is 0 Å². The van der Waals surface area contributed by atoms with E-state index in [0.717, 1.165) is 83.1 Å². The van der Waals surface area contributed by atoms with Crippen LogP contribution in [-0.4, -0.2) is 34.2 Å². The van der Waals surface area contributed by atoms with Crippen molar-refractivity contribution in [2.75, 3.05) is 22.1 Å². The van der Waals surface area contributed by atoms with Crippen molar-refractivity contribution in [2.45, 2.75) is 55.4 Å². The van der Waals surface area contributed by atoms with E-state index in [9.17, 15) is 4.57 Å². The molecule has 0 bridgehead atoms. The molecule has 17 rings (SSSR count). The van der Waals surface area contributed by atoms with Gasteiger partial charge in [-0.15, -0.1) is 60.8 Å². The zero-order chi connectivity index (χ0) is 74.7. The van der Waals surface area contributed by atoms with Gasteiger partial charge in [0.1, 0.15) is 5.84 Å². The molecule has 112 heavy (non-hydrogen) atoms. The van der Waals surface area contributed by atoms with Crippen molar-refractivity contribution in [1.29, 1.82) is 0 Å². The molecule has 1 atom stereocenters. The Morgan fingerprint density at radius 3 is 1.16 bits per heavy atom. The zero-order valence-corrected chi connectivity index (χ0v) is 71.4. The van der Waals surface area contributed by atoms with Crippen molar-refractivity contribution in [3.63, 3.8) is 0 Å². The molecule has 0 saturated carbocycles. The number of anilines is 3. The first-order valence-electron chi connectivity index (χ1n) is 35.9. The second kappa shape index (κ2) is 39.2. The van der Waals surface area contributed by atoms with Gasteiger partial charge in [-0.3, -0.25) is 16.8 Å². The minimum absolute atomic E-state index is 0. The Kier molecular flexibility index (Phi) is 29.7. The number of ether oxygens (including phenoxy) is 1. The van der Waals surface area contributed by atoms with Gasteiger partial charge in [0.15, 0.2) is 7.14 Å². The number of thioether (sulfide) groups is 1. The fourth-order valence-electron chi connectivity index (χ4n) is 14.0. The maximum absolute atomic E-state index is 14.9. The number of aryl methyl sites for hydroxylation is 8. The predicted molar refractivity (Wildman–Crippen MR) is 451 cm³/mol. The van der Waals surface area contributed by atoms with Crippen LogP contribution in [0.5, 0.6) is 0 Å². The minimum Gasteiger partial charge on any atom is -0.625 e. The fourth-order valence-corrected chi connectivity index (χ4v) is 17.9. The van der Waals surface area contributed by atoms with E-state index >= 15 is 0 Å². The van der Waals surface area contributed by atoms with Crippen molar-refractivity contribution in [3.8, 4) is 44.5 Å². The predicted octanol–water partition coefficient (Wildman–Crippen LogP) is 23.1. The van der Waals surface area contributed by atoms with E-state index in [-0.39, 0.29) is 77.9 Å². The van der Waals surface area contributed by atoms with Gasteiger partial charge in [-0.2, -0.15) is 88.9 Å². The number of hydrogen-bond donors (Lipinski definition) is 0. The number of hydrogen-bond acceptors (Lipinski definition) is 11. The molecule has 0 aliphatic carbocycles. The Hall–Kier alpha value is -9.65. The third-order valence-corrected chi connectivity index (χ3v) is 22.9.